The number of carbonyl (C=O) groups excluding carboxylic acids is 3. The molecule has 0 saturated heterocycles. The molecule has 0 unspecified atom stereocenters. The van der Waals surface area contributed by atoms with Crippen LogP contribution in [0.25, 0.3) is 10.2 Å². The summed E-state index contributed by atoms with van der Waals surface area (Å²) in [5.74, 6) is -4.09. The number of hydrogen-bond donors (Lipinski definition) is 1. The van der Waals surface area contributed by atoms with Gasteiger partial charge in [-0.3, -0.25) is 9.59 Å². The molecule has 0 aliphatic heterocycles. The van der Waals surface area contributed by atoms with Crippen LogP contribution in [0.1, 0.15) is 39.2 Å². The molecule has 10 nitrogen and oxygen atoms in total. The molecule has 0 fully saturated rings. The zero-order valence-electron chi connectivity index (χ0n) is 21.4. The monoisotopic (exact) mass is 579 g/mol. The Hall–Kier alpha value is -2.87. The van der Waals surface area contributed by atoms with E-state index in [9.17, 15) is 22.8 Å². The molecule has 4 rings (SSSR count). The number of thiazole rings is 1. The van der Waals surface area contributed by atoms with Crippen molar-refractivity contribution in [2.75, 3.05) is 37.6 Å². The molecule has 13 heteroatoms. The number of carbonyl (C=O) groups is 3. The van der Waals surface area contributed by atoms with Crippen LogP contribution < -0.4 is 10.1 Å². The van der Waals surface area contributed by atoms with Gasteiger partial charge in [0.15, 0.2) is 14.6 Å². The van der Waals surface area contributed by atoms with Crippen molar-refractivity contribution in [3.63, 3.8) is 0 Å². The number of rotatable bonds is 9. The number of aromatic nitrogens is 1. The van der Waals surface area contributed by atoms with Crippen molar-refractivity contribution in [3.8, 4) is 0 Å². The maximum Gasteiger partial charge on any atom is 0.341 e. The number of fused-ring (bicyclic) bond motifs is 2. The van der Waals surface area contributed by atoms with Crippen LogP contribution in [0.15, 0.2) is 23.2 Å². The summed E-state index contributed by atoms with van der Waals surface area (Å²) in [4.78, 5) is 43.1. The van der Waals surface area contributed by atoms with Gasteiger partial charge in [0.05, 0.1) is 29.5 Å². The molecule has 2 aromatic heterocycles. The molecule has 0 atom stereocenters. The number of aryl methyl sites for hydroxylation is 2. The SMILES string of the molecule is COCCn1c(=NC(=O)CS(=O)(=O)CC(=O)Nc2sc3c(c2C(=O)OC)CCCC3)sc2cc(C)ccc21. The number of nitrogens with zero attached hydrogens (tertiary/aromatic N) is 2. The summed E-state index contributed by atoms with van der Waals surface area (Å²) >= 11 is 2.54. The first-order chi connectivity index (χ1) is 18.1. The third-order valence-electron chi connectivity index (χ3n) is 6.09. The van der Waals surface area contributed by atoms with Crippen molar-refractivity contribution in [2.24, 2.45) is 4.99 Å². The first-order valence-electron chi connectivity index (χ1n) is 12.0. The third-order valence-corrected chi connectivity index (χ3v) is 9.72. The second-order valence-corrected chi connectivity index (χ2v) is 13.2. The minimum absolute atomic E-state index is 0.278. The highest BCUT2D eigenvalue weighted by Gasteiger charge is 2.28. The van der Waals surface area contributed by atoms with Gasteiger partial charge in [-0.25, -0.2) is 13.2 Å². The fraction of sp³-hybridized carbons (Fsp3) is 0.440. The topological polar surface area (TPSA) is 133 Å². The van der Waals surface area contributed by atoms with Gasteiger partial charge in [-0.05, 0) is 55.9 Å². The van der Waals surface area contributed by atoms with Gasteiger partial charge in [-0.15, -0.1) is 11.3 Å². The summed E-state index contributed by atoms with van der Waals surface area (Å²) in [6, 6.07) is 5.84. The second-order valence-electron chi connectivity index (χ2n) is 8.99. The molecule has 204 valence electrons. The van der Waals surface area contributed by atoms with E-state index in [0.29, 0.717) is 24.4 Å². The van der Waals surface area contributed by atoms with Crippen LogP contribution in [0.2, 0.25) is 0 Å². The normalized spacial score (nSPS) is 13.9. The van der Waals surface area contributed by atoms with Gasteiger partial charge in [0.2, 0.25) is 5.91 Å². The van der Waals surface area contributed by atoms with Crippen molar-refractivity contribution in [2.45, 2.75) is 39.2 Å². The molecule has 0 bridgehead atoms. The van der Waals surface area contributed by atoms with Crippen molar-refractivity contribution < 1.29 is 32.3 Å². The number of hydrogen-bond acceptors (Lipinski definition) is 9. The number of anilines is 1. The van der Waals surface area contributed by atoms with Crippen molar-refractivity contribution in [1.82, 2.24) is 4.57 Å². The highest BCUT2D eigenvalue weighted by molar-refractivity contribution is 7.92. The van der Waals surface area contributed by atoms with Gasteiger partial charge < -0.3 is 19.4 Å². The molecule has 38 heavy (non-hydrogen) atoms. The summed E-state index contributed by atoms with van der Waals surface area (Å²) in [7, 11) is -1.29. The van der Waals surface area contributed by atoms with Crippen LogP contribution in [0.4, 0.5) is 5.00 Å². The maximum absolute atomic E-state index is 12.7. The predicted molar refractivity (Wildman–Crippen MR) is 147 cm³/mol. The summed E-state index contributed by atoms with van der Waals surface area (Å²) in [6.07, 6.45) is 3.39. The van der Waals surface area contributed by atoms with Gasteiger partial charge in [-0.2, -0.15) is 4.99 Å². The van der Waals surface area contributed by atoms with Gasteiger partial charge in [0, 0.05) is 18.5 Å². The van der Waals surface area contributed by atoms with Crippen LogP contribution in [-0.2, 0) is 48.3 Å². The number of sulfone groups is 1. The summed E-state index contributed by atoms with van der Waals surface area (Å²) in [5, 5.41) is 2.84. The van der Waals surface area contributed by atoms with Gasteiger partial charge in [-0.1, -0.05) is 17.4 Å². The molecule has 2 amide bonds. The molecule has 3 aromatic rings. The van der Waals surface area contributed by atoms with Crippen LogP contribution in [-0.4, -0.2) is 63.1 Å². The van der Waals surface area contributed by atoms with Crippen LogP contribution in [0.3, 0.4) is 0 Å². The van der Waals surface area contributed by atoms with E-state index in [0.717, 1.165) is 45.5 Å². The molecule has 1 aliphatic rings. The van der Waals surface area contributed by atoms with E-state index in [1.54, 1.807) is 7.11 Å². The Balaban J connectivity index is 1.51. The van der Waals surface area contributed by atoms with E-state index in [2.05, 4.69) is 10.3 Å². The first kappa shape index (κ1) is 28.1. The van der Waals surface area contributed by atoms with Crippen molar-refractivity contribution in [3.05, 3.63) is 44.6 Å². The summed E-state index contributed by atoms with van der Waals surface area (Å²) < 4.78 is 38.2. The fourth-order valence-corrected chi connectivity index (χ4v) is 7.86. The minimum atomic E-state index is -4.12. The highest BCUT2D eigenvalue weighted by Crippen LogP contribution is 2.38. The molecule has 1 aromatic carbocycles. The second kappa shape index (κ2) is 11.9. The first-order valence-corrected chi connectivity index (χ1v) is 15.5. The zero-order chi connectivity index (χ0) is 27.4. The smallest absolute Gasteiger partial charge is 0.341 e. The number of amides is 2. The number of nitrogens with one attached hydrogen (secondary N) is 1. The average molecular weight is 580 g/mol. The number of benzene rings is 1. The Labute approximate surface area is 228 Å². The van der Waals surface area contributed by atoms with Gasteiger partial charge in [0.25, 0.3) is 5.91 Å². The van der Waals surface area contributed by atoms with E-state index in [4.69, 9.17) is 9.47 Å². The minimum Gasteiger partial charge on any atom is -0.465 e. The van der Waals surface area contributed by atoms with E-state index >= 15 is 0 Å². The maximum atomic E-state index is 12.7. The lowest BCUT2D eigenvalue weighted by Gasteiger charge is -2.11. The van der Waals surface area contributed by atoms with Crippen LogP contribution in [0.5, 0.6) is 0 Å². The third kappa shape index (κ3) is 6.40. The fourth-order valence-electron chi connectivity index (χ4n) is 4.38. The number of thiophene rings is 1. The quantitative estimate of drug-likeness (QED) is 0.386. The Morgan fingerprint density at radius 1 is 1.11 bits per heavy atom. The number of ether oxygens (including phenoxy) is 2. The van der Waals surface area contributed by atoms with E-state index in [1.165, 1.54) is 29.8 Å². The highest BCUT2D eigenvalue weighted by atomic mass is 32.2. The van der Waals surface area contributed by atoms with Gasteiger partial charge in [0.1, 0.15) is 16.5 Å². The molecule has 1 N–H and O–H groups in total. The Morgan fingerprint density at radius 2 is 1.87 bits per heavy atom. The largest absolute Gasteiger partial charge is 0.465 e. The molecule has 2 heterocycles. The van der Waals surface area contributed by atoms with E-state index in [1.807, 2.05) is 29.7 Å². The Kier molecular flexibility index (Phi) is 8.81. The van der Waals surface area contributed by atoms with E-state index in [-0.39, 0.29) is 10.6 Å². The molecule has 0 spiro atoms. The summed E-state index contributed by atoms with van der Waals surface area (Å²) in [5.41, 5.74) is 3.04. The number of esters is 1. The lowest BCUT2D eigenvalue weighted by Crippen LogP contribution is -2.28. The molecule has 1 aliphatic carbocycles. The lowest BCUT2D eigenvalue weighted by atomic mass is 9.95. The molecular weight excluding hydrogens is 550 g/mol. The van der Waals surface area contributed by atoms with Crippen molar-refractivity contribution in [1.29, 1.82) is 0 Å². The van der Waals surface area contributed by atoms with Crippen LogP contribution >= 0.6 is 22.7 Å². The Bertz CT molecular complexity index is 1560. The number of methoxy groups -OCH3 is 2. The average Bonchev–Trinajstić information content (AvgIpc) is 3.37. The Morgan fingerprint density at radius 3 is 2.61 bits per heavy atom. The predicted octanol–water partition coefficient (Wildman–Crippen LogP) is 2.87. The zero-order valence-corrected chi connectivity index (χ0v) is 23.8. The van der Waals surface area contributed by atoms with Crippen LogP contribution in [0, 0.1) is 6.92 Å². The summed E-state index contributed by atoms with van der Waals surface area (Å²) in [6.45, 7) is 2.78. The molecule has 0 radical (unpaired) electrons. The molecule has 0 saturated carbocycles. The standard InChI is InChI=1S/C25H29N3O7S3/c1-15-8-9-17-19(12-15)37-25(28(17)10-11-34-2)27-21(30)14-38(32,33)13-20(29)26-23-22(24(31)35-3)16-6-4-5-7-18(16)36-23/h8-9,12H,4-7,10-11,13-14H2,1-3H3,(H,26,29). The van der Waals surface area contributed by atoms with Crippen molar-refractivity contribution >= 4 is 65.5 Å². The van der Waals surface area contributed by atoms with E-state index < -0.39 is 39.1 Å². The molecular formula is C25H29N3O7S3. The van der Waals surface area contributed by atoms with Gasteiger partial charge >= 0.3 is 5.97 Å². The lowest BCUT2D eigenvalue weighted by molar-refractivity contribution is -0.115.